The fraction of sp³-hybridized carbons (Fsp3) is 0.0455. The molecule has 4 N–H and O–H groups in total. The predicted molar refractivity (Wildman–Crippen MR) is 231 cm³/mol. The fourth-order valence-electron chi connectivity index (χ4n) is 5.38. The van der Waals surface area contributed by atoms with E-state index in [0.29, 0.717) is 28.2 Å². The van der Waals surface area contributed by atoms with Gasteiger partial charge in [0, 0.05) is 22.5 Å². The normalized spacial score (nSPS) is 10.2. The van der Waals surface area contributed by atoms with Gasteiger partial charge in [-0.15, -0.1) is 22.7 Å². The first-order chi connectivity index (χ1) is 28.3. The molecular formula is C44H34N6O6S2. The zero-order valence-electron chi connectivity index (χ0n) is 31.0. The van der Waals surface area contributed by atoms with Gasteiger partial charge in [0.15, 0.2) is 0 Å². The van der Waals surface area contributed by atoms with E-state index in [0.717, 1.165) is 42.6 Å². The second kappa shape index (κ2) is 19.4. The molecule has 2 amide bonds. The Kier molecular flexibility index (Phi) is 13.4. The van der Waals surface area contributed by atoms with E-state index in [9.17, 15) is 19.2 Å². The largest absolute Gasteiger partial charge is 0.465 e. The number of isocyanates is 1. The number of hydrogen-bond acceptors (Lipinski definition) is 12. The number of hydrogen-bond donors (Lipinski definition) is 3. The predicted octanol–water partition coefficient (Wildman–Crippen LogP) is 10.4. The van der Waals surface area contributed by atoms with E-state index in [2.05, 4.69) is 41.1 Å². The molecule has 0 aliphatic heterocycles. The Bertz CT molecular complexity index is 2680. The number of amides is 2. The number of aliphatic imine (C=N–C) groups is 1. The summed E-state index contributed by atoms with van der Waals surface area (Å²) in [5.74, 6) is -0.840. The molecule has 0 unspecified atom stereocenters. The van der Waals surface area contributed by atoms with Gasteiger partial charge in [-0.05, 0) is 97.1 Å². The number of fused-ring (bicyclic) bond motifs is 2. The van der Waals surface area contributed by atoms with Gasteiger partial charge < -0.3 is 25.8 Å². The number of esters is 2. The van der Waals surface area contributed by atoms with Gasteiger partial charge in [0.1, 0.15) is 10.0 Å². The summed E-state index contributed by atoms with van der Waals surface area (Å²) in [6.07, 6.45) is 1.41. The number of benzene rings is 6. The SMILES string of the molecule is COC(=O)c1ccc(N=C=O)cc1.COC(=O)c1ccc(NC(=O)Nc2ccccc2-c2nc3ccccc3s2)cc1.Nc1ccccc1-c1nc2ccccc2s1. The molecule has 8 rings (SSSR count). The van der Waals surface area contributed by atoms with Crippen molar-refractivity contribution in [1.29, 1.82) is 0 Å². The molecule has 2 aromatic heterocycles. The highest BCUT2D eigenvalue weighted by Gasteiger charge is 2.13. The molecule has 0 aliphatic rings. The second-order valence-electron chi connectivity index (χ2n) is 12.0. The summed E-state index contributed by atoms with van der Waals surface area (Å²) in [5, 5.41) is 7.46. The monoisotopic (exact) mass is 806 g/mol. The molecular weight excluding hydrogens is 773 g/mol. The molecule has 58 heavy (non-hydrogen) atoms. The lowest BCUT2D eigenvalue weighted by atomic mass is 10.2. The number of carbonyl (C=O) groups is 3. The number of nitrogens with two attached hydrogens (primary N) is 1. The van der Waals surface area contributed by atoms with Crippen molar-refractivity contribution in [1.82, 2.24) is 9.97 Å². The van der Waals surface area contributed by atoms with E-state index in [1.165, 1.54) is 49.3 Å². The summed E-state index contributed by atoms with van der Waals surface area (Å²) in [6.45, 7) is 0. The number of anilines is 3. The molecule has 288 valence electrons. The molecule has 0 saturated carbocycles. The van der Waals surface area contributed by atoms with E-state index in [4.69, 9.17) is 5.73 Å². The molecule has 0 aliphatic carbocycles. The molecule has 0 bridgehead atoms. The van der Waals surface area contributed by atoms with Gasteiger partial charge in [0.25, 0.3) is 0 Å². The number of urea groups is 1. The van der Waals surface area contributed by atoms with E-state index in [1.807, 2.05) is 91.0 Å². The minimum Gasteiger partial charge on any atom is -0.465 e. The maximum atomic E-state index is 12.5. The Hall–Kier alpha value is -7.51. The Morgan fingerprint density at radius 3 is 1.62 bits per heavy atom. The van der Waals surface area contributed by atoms with Crippen LogP contribution in [0.2, 0.25) is 0 Å². The third-order valence-corrected chi connectivity index (χ3v) is 10.4. The Morgan fingerprint density at radius 1 is 0.603 bits per heavy atom. The van der Waals surface area contributed by atoms with Crippen LogP contribution in [0.3, 0.4) is 0 Å². The first-order valence-electron chi connectivity index (χ1n) is 17.4. The second-order valence-corrected chi connectivity index (χ2v) is 14.1. The lowest BCUT2D eigenvalue weighted by Gasteiger charge is -2.11. The molecule has 12 nitrogen and oxygen atoms in total. The molecule has 2 heterocycles. The van der Waals surface area contributed by atoms with Crippen LogP contribution < -0.4 is 16.4 Å². The summed E-state index contributed by atoms with van der Waals surface area (Å²) in [7, 11) is 2.63. The van der Waals surface area contributed by atoms with Gasteiger partial charge in [0.2, 0.25) is 6.08 Å². The van der Waals surface area contributed by atoms with Crippen molar-refractivity contribution in [2.24, 2.45) is 4.99 Å². The van der Waals surface area contributed by atoms with Gasteiger partial charge in [-0.1, -0.05) is 48.5 Å². The molecule has 0 atom stereocenters. The fourth-order valence-corrected chi connectivity index (χ4v) is 7.40. The van der Waals surface area contributed by atoms with Crippen LogP contribution in [0.1, 0.15) is 20.7 Å². The van der Waals surface area contributed by atoms with Crippen molar-refractivity contribution in [2.75, 3.05) is 30.6 Å². The lowest BCUT2D eigenvalue weighted by molar-refractivity contribution is 0.0592. The number of nitrogen functional groups attached to an aromatic ring is 1. The summed E-state index contributed by atoms with van der Waals surface area (Å²) < 4.78 is 11.4. The molecule has 0 radical (unpaired) electrons. The number of methoxy groups -OCH3 is 2. The van der Waals surface area contributed by atoms with E-state index in [-0.39, 0.29) is 6.03 Å². The Labute approximate surface area is 340 Å². The van der Waals surface area contributed by atoms with Crippen molar-refractivity contribution >= 4 is 89.9 Å². The molecule has 8 aromatic rings. The number of rotatable bonds is 7. The van der Waals surface area contributed by atoms with Crippen LogP contribution in [0, 0.1) is 0 Å². The number of nitrogens with one attached hydrogen (secondary N) is 2. The Morgan fingerprint density at radius 2 is 1.09 bits per heavy atom. The molecule has 0 fully saturated rings. The van der Waals surface area contributed by atoms with Crippen molar-refractivity contribution in [3.8, 4) is 21.1 Å². The molecule has 0 saturated heterocycles. The van der Waals surface area contributed by atoms with Gasteiger partial charge in [-0.3, -0.25) is 0 Å². The average Bonchev–Trinajstić information content (AvgIpc) is 3.90. The highest BCUT2D eigenvalue weighted by Crippen LogP contribution is 2.35. The van der Waals surface area contributed by atoms with Crippen molar-refractivity contribution in [3.63, 3.8) is 0 Å². The summed E-state index contributed by atoms with van der Waals surface area (Å²) in [5.41, 5.74) is 13.1. The van der Waals surface area contributed by atoms with Gasteiger partial charge in [-0.25, -0.2) is 29.1 Å². The maximum Gasteiger partial charge on any atom is 0.337 e. The van der Waals surface area contributed by atoms with Crippen LogP contribution >= 0.6 is 22.7 Å². The van der Waals surface area contributed by atoms with E-state index in [1.54, 1.807) is 46.9 Å². The topological polar surface area (TPSA) is 175 Å². The van der Waals surface area contributed by atoms with Crippen molar-refractivity contribution in [2.45, 2.75) is 0 Å². The quantitative estimate of drug-likeness (QED) is 0.0612. The molecule has 0 spiro atoms. The van der Waals surface area contributed by atoms with Crippen LogP contribution in [0.15, 0.2) is 151 Å². The first-order valence-corrected chi connectivity index (χ1v) is 19.1. The van der Waals surface area contributed by atoms with Gasteiger partial charge in [-0.2, -0.15) is 4.99 Å². The zero-order valence-corrected chi connectivity index (χ0v) is 32.7. The van der Waals surface area contributed by atoms with E-state index < -0.39 is 11.9 Å². The molecule has 6 aromatic carbocycles. The average molecular weight is 807 g/mol. The zero-order chi connectivity index (χ0) is 40.9. The number of para-hydroxylation sites is 4. The summed E-state index contributed by atoms with van der Waals surface area (Å²) in [6, 6.07) is 43.6. The highest BCUT2D eigenvalue weighted by atomic mass is 32.1. The smallest absolute Gasteiger partial charge is 0.337 e. The van der Waals surface area contributed by atoms with Crippen LogP contribution in [-0.2, 0) is 14.3 Å². The van der Waals surface area contributed by atoms with Crippen molar-refractivity contribution < 1.29 is 28.7 Å². The minimum absolute atomic E-state index is 0.385. The van der Waals surface area contributed by atoms with Crippen LogP contribution in [0.4, 0.5) is 27.5 Å². The number of thiazole rings is 2. The van der Waals surface area contributed by atoms with Crippen LogP contribution in [-0.4, -0.2) is 48.2 Å². The number of ether oxygens (including phenoxy) is 2. The van der Waals surface area contributed by atoms with Crippen LogP contribution in [0.25, 0.3) is 41.6 Å². The first kappa shape index (κ1) is 40.2. The van der Waals surface area contributed by atoms with Gasteiger partial charge in [0.05, 0.1) is 57.2 Å². The standard InChI is InChI=1S/C22H17N3O3S.C13H10N2S.C9H7NO3/c1-28-21(26)14-10-12-15(13-11-14)23-22(27)25-17-7-3-2-6-16(17)20-24-18-8-4-5-9-19(18)29-20;14-10-6-2-1-5-9(10)13-15-11-7-3-4-8-12(11)16-13;1-13-9(12)7-2-4-8(5-3-7)10-6-11/h2-13H,1H3,(H2,23,25,27);1-8H,14H2;2-5H,1H3. The summed E-state index contributed by atoms with van der Waals surface area (Å²) in [4.78, 5) is 57.4. The number of carbonyl (C=O) groups excluding carboxylic acids is 4. The third-order valence-electron chi connectivity index (χ3n) is 8.21. The Balaban J connectivity index is 0.000000164. The van der Waals surface area contributed by atoms with Crippen LogP contribution in [0.5, 0.6) is 0 Å². The lowest BCUT2D eigenvalue weighted by Crippen LogP contribution is -2.19. The number of nitrogens with zero attached hydrogens (tertiary/aromatic N) is 3. The maximum absolute atomic E-state index is 12.5. The minimum atomic E-state index is -0.425. The van der Waals surface area contributed by atoms with Crippen molar-refractivity contribution in [3.05, 3.63) is 157 Å². The number of aromatic nitrogens is 2. The third kappa shape index (κ3) is 10.2. The van der Waals surface area contributed by atoms with E-state index >= 15 is 0 Å². The summed E-state index contributed by atoms with van der Waals surface area (Å²) >= 11 is 3.25. The molecule has 14 heteroatoms. The highest BCUT2D eigenvalue weighted by molar-refractivity contribution is 7.22. The van der Waals surface area contributed by atoms with Gasteiger partial charge >= 0.3 is 18.0 Å².